The van der Waals surface area contributed by atoms with Crippen LogP contribution in [-0.4, -0.2) is 17.6 Å². The standard InChI is InChI=1S/C26H20ClFN2O3/c1-16(33-2)24-22(15-29-26(32)17-8-11-19(28)12-9-17)25(31)21-13-10-18(27)14-23(21)30(24)20-6-4-3-5-7-20/h3-14H,1,15H2,2H3,(H,29,32). The Morgan fingerprint density at radius 3 is 2.45 bits per heavy atom. The minimum Gasteiger partial charge on any atom is -0.495 e. The Bertz CT molecular complexity index is 1410. The lowest BCUT2D eigenvalue weighted by atomic mass is 10.0. The number of carbonyl (C=O) groups excluding carboxylic acids is 1. The maximum absolute atomic E-state index is 13.5. The second-order valence-corrected chi connectivity index (χ2v) is 7.74. The molecule has 166 valence electrons. The van der Waals surface area contributed by atoms with Crippen LogP contribution in [0, 0.1) is 5.82 Å². The van der Waals surface area contributed by atoms with Gasteiger partial charge in [-0.15, -0.1) is 0 Å². The van der Waals surface area contributed by atoms with Gasteiger partial charge in [0.05, 0.1) is 18.3 Å². The Kier molecular flexibility index (Phi) is 6.29. The summed E-state index contributed by atoms with van der Waals surface area (Å²) in [6.07, 6.45) is 0. The lowest BCUT2D eigenvalue weighted by Gasteiger charge is -2.22. The normalized spacial score (nSPS) is 10.8. The van der Waals surface area contributed by atoms with Gasteiger partial charge in [0, 0.05) is 33.8 Å². The third kappa shape index (κ3) is 4.38. The summed E-state index contributed by atoms with van der Waals surface area (Å²) in [6, 6.07) is 19.6. The van der Waals surface area contributed by atoms with E-state index in [0.717, 1.165) is 5.69 Å². The number of rotatable bonds is 6. The Morgan fingerprint density at radius 2 is 1.79 bits per heavy atom. The molecule has 0 saturated carbocycles. The van der Waals surface area contributed by atoms with E-state index in [0.29, 0.717) is 27.2 Å². The van der Waals surface area contributed by atoms with Crippen molar-refractivity contribution in [3.05, 3.63) is 117 Å². The first kappa shape index (κ1) is 22.3. The van der Waals surface area contributed by atoms with Crippen molar-refractivity contribution in [3.8, 4) is 5.69 Å². The average Bonchev–Trinajstić information content (AvgIpc) is 2.83. The smallest absolute Gasteiger partial charge is 0.251 e. The van der Waals surface area contributed by atoms with Crippen molar-refractivity contribution in [1.82, 2.24) is 9.88 Å². The first-order valence-electron chi connectivity index (χ1n) is 10.1. The molecular formula is C26H20ClFN2O3. The Balaban J connectivity index is 1.91. The summed E-state index contributed by atoms with van der Waals surface area (Å²) in [5.41, 5.74) is 2.07. The number of para-hydroxylation sites is 1. The summed E-state index contributed by atoms with van der Waals surface area (Å²) in [5.74, 6) is -0.626. The molecule has 4 rings (SSSR count). The number of aromatic nitrogens is 1. The van der Waals surface area contributed by atoms with Crippen LogP contribution in [0.2, 0.25) is 5.02 Å². The van der Waals surface area contributed by atoms with Crippen LogP contribution in [0.25, 0.3) is 22.3 Å². The molecule has 4 aromatic rings. The van der Waals surface area contributed by atoms with Gasteiger partial charge < -0.3 is 14.6 Å². The van der Waals surface area contributed by atoms with E-state index in [4.69, 9.17) is 16.3 Å². The van der Waals surface area contributed by atoms with Gasteiger partial charge in [-0.05, 0) is 54.6 Å². The summed E-state index contributed by atoms with van der Waals surface area (Å²) in [5, 5.41) is 3.65. The maximum Gasteiger partial charge on any atom is 0.251 e. The molecular weight excluding hydrogens is 443 g/mol. The zero-order valence-corrected chi connectivity index (χ0v) is 18.5. The highest BCUT2D eigenvalue weighted by atomic mass is 35.5. The fraction of sp³-hybridized carbons (Fsp3) is 0.0769. The minimum atomic E-state index is -0.441. The monoisotopic (exact) mass is 462 g/mol. The fourth-order valence-electron chi connectivity index (χ4n) is 3.68. The Morgan fingerprint density at radius 1 is 1.09 bits per heavy atom. The number of benzene rings is 3. The van der Waals surface area contributed by atoms with Gasteiger partial charge in [-0.3, -0.25) is 9.59 Å². The highest BCUT2D eigenvalue weighted by Gasteiger charge is 2.22. The molecule has 33 heavy (non-hydrogen) atoms. The summed E-state index contributed by atoms with van der Waals surface area (Å²) < 4.78 is 20.5. The highest BCUT2D eigenvalue weighted by Crippen LogP contribution is 2.28. The van der Waals surface area contributed by atoms with Crippen molar-refractivity contribution >= 4 is 34.2 Å². The zero-order chi connectivity index (χ0) is 23.5. The Labute approximate surface area is 194 Å². The summed E-state index contributed by atoms with van der Waals surface area (Å²) in [6.45, 7) is 3.90. The van der Waals surface area contributed by atoms with Crippen LogP contribution >= 0.6 is 11.6 Å². The second-order valence-electron chi connectivity index (χ2n) is 7.31. The fourth-order valence-corrected chi connectivity index (χ4v) is 3.84. The van der Waals surface area contributed by atoms with Crippen molar-refractivity contribution < 1.29 is 13.9 Å². The number of nitrogens with one attached hydrogen (secondary N) is 1. The van der Waals surface area contributed by atoms with Crippen LogP contribution in [0.1, 0.15) is 21.6 Å². The summed E-state index contributed by atoms with van der Waals surface area (Å²) >= 11 is 6.26. The third-order valence-corrected chi connectivity index (χ3v) is 5.52. The van der Waals surface area contributed by atoms with Crippen LogP contribution in [0.5, 0.6) is 0 Å². The number of fused-ring (bicyclic) bond motifs is 1. The first-order chi connectivity index (χ1) is 15.9. The van der Waals surface area contributed by atoms with Crippen molar-refractivity contribution in [2.45, 2.75) is 6.54 Å². The van der Waals surface area contributed by atoms with Crippen LogP contribution in [-0.2, 0) is 11.3 Å². The molecule has 0 saturated heterocycles. The van der Waals surface area contributed by atoms with E-state index in [9.17, 15) is 14.0 Å². The zero-order valence-electron chi connectivity index (χ0n) is 17.8. The molecule has 1 N–H and O–H groups in total. The van der Waals surface area contributed by atoms with Crippen LogP contribution in [0.15, 0.2) is 84.2 Å². The number of methoxy groups -OCH3 is 1. The van der Waals surface area contributed by atoms with Gasteiger partial charge in [0.15, 0.2) is 5.43 Å². The van der Waals surface area contributed by atoms with Gasteiger partial charge in [-0.1, -0.05) is 36.4 Å². The lowest BCUT2D eigenvalue weighted by Crippen LogP contribution is -2.29. The molecule has 0 atom stereocenters. The van der Waals surface area contributed by atoms with Crippen molar-refractivity contribution in [2.75, 3.05) is 7.11 Å². The van der Waals surface area contributed by atoms with E-state index in [2.05, 4.69) is 11.9 Å². The molecule has 3 aromatic carbocycles. The quantitative estimate of drug-likeness (QED) is 0.394. The number of pyridine rings is 1. The molecule has 5 nitrogen and oxygen atoms in total. The van der Waals surface area contributed by atoms with E-state index in [1.807, 2.05) is 34.9 Å². The number of carbonyl (C=O) groups is 1. The first-order valence-corrected chi connectivity index (χ1v) is 10.5. The summed E-state index contributed by atoms with van der Waals surface area (Å²) in [7, 11) is 1.46. The SMILES string of the molecule is C=C(OC)c1c(CNC(=O)c2ccc(F)cc2)c(=O)c2ccc(Cl)cc2n1-c1ccccc1. The molecule has 0 radical (unpaired) electrons. The predicted octanol–water partition coefficient (Wildman–Crippen LogP) is 5.33. The number of nitrogens with zero attached hydrogens (tertiary/aromatic N) is 1. The molecule has 0 aliphatic heterocycles. The molecule has 1 aromatic heterocycles. The number of amides is 1. The molecule has 0 bridgehead atoms. The van der Waals surface area contributed by atoms with Crippen LogP contribution in [0.3, 0.4) is 0 Å². The molecule has 0 unspecified atom stereocenters. The molecule has 0 fully saturated rings. The van der Waals surface area contributed by atoms with Crippen LogP contribution in [0.4, 0.5) is 4.39 Å². The molecule has 1 heterocycles. The topological polar surface area (TPSA) is 60.3 Å². The van der Waals surface area contributed by atoms with Gasteiger partial charge in [-0.2, -0.15) is 0 Å². The van der Waals surface area contributed by atoms with Crippen molar-refractivity contribution in [2.24, 2.45) is 0 Å². The van der Waals surface area contributed by atoms with E-state index in [-0.39, 0.29) is 23.3 Å². The van der Waals surface area contributed by atoms with E-state index < -0.39 is 11.7 Å². The van der Waals surface area contributed by atoms with Crippen LogP contribution < -0.4 is 10.7 Å². The highest BCUT2D eigenvalue weighted by molar-refractivity contribution is 6.31. The minimum absolute atomic E-state index is 0.0852. The molecule has 7 heteroatoms. The number of ether oxygens (including phenoxy) is 1. The molecule has 0 aliphatic carbocycles. The summed E-state index contributed by atoms with van der Waals surface area (Å²) in [4.78, 5) is 26.1. The van der Waals surface area contributed by atoms with Gasteiger partial charge in [0.1, 0.15) is 11.6 Å². The number of hydrogen-bond acceptors (Lipinski definition) is 3. The molecule has 0 spiro atoms. The average molecular weight is 463 g/mol. The van der Waals surface area contributed by atoms with Crippen molar-refractivity contribution in [3.63, 3.8) is 0 Å². The second kappa shape index (κ2) is 9.30. The van der Waals surface area contributed by atoms with Gasteiger partial charge in [-0.25, -0.2) is 4.39 Å². The Hall–Kier alpha value is -3.90. The van der Waals surface area contributed by atoms with E-state index in [1.165, 1.54) is 31.4 Å². The van der Waals surface area contributed by atoms with Crippen molar-refractivity contribution in [1.29, 1.82) is 0 Å². The largest absolute Gasteiger partial charge is 0.495 e. The number of hydrogen-bond donors (Lipinski definition) is 1. The maximum atomic E-state index is 13.5. The van der Waals surface area contributed by atoms with E-state index >= 15 is 0 Å². The van der Waals surface area contributed by atoms with E-state index in [1.54, 1.807) is 18.2 Å². The molecule has 1 amide bonds. The molecule has 0 aliphatic rings. The van der Waals surface area contributed by atoms with Gasteiger partial charge in [0.2, 0.25) is 0 Å². The third-order valence-electron chi connectivity index (χ3n) is 5.29. The predicted molar refractivity (Wildman–Crippen MR) is 128 cm³/mol. The van der Waals surface area contributed by atoms with Gasteiger partial charge >= 0.3 is 0 Å². The number of halogens is 2. The lowest BCUT2D eigenvalue weighted by molar-refractivity contribution is 0.0950. The van der Waals surface area contributed by atoms with Gasteiger partial charge in [0.25, 0.3) is 5.91 Å².